The third kappa shape index (κ3) is 3.20. The van der Waals surface area contributed by atoms with Crippen LogP contribution in [0.2, 0.25) is 0 Å². The molecular weight excluding hydrogens is 438 g/mol. The molecule has 3 aromatic carbocycles. The number of carbonyl (C=O) groups is 1. The summed E-state index contributed by atoms with van der Waals surface area (Å²) in [5.74, 6) is 0.804. The summed E-state index contributed by atoms with van der Waals surface area (Å²) in [5, 5.41) is 0.626. The van der Waals surface area contributed by atoms with E-state index in [0.717, 1.165) is 18.4 Å². The molecule has 3 atom stereocenters. The first-order chi connectivity index (χ1) is 17.2. The molecule has 6 nitrogen and oxygen atoms in total. The average Bonchev–Trinajstić information content (AvgIpc) is 3.59. The molecule has 3 aliphatic rings. The second-order valence-electron chi connectivity index (χ2n) is 9.96. The molecule has 4 aromatic rings. The summed E-state index contributed by atoms with van der Waals surface area (Å²) in [7, 11) is 0. The molecule has 2 heterocycles. The molecule has 3 unspecified atom stereocenters. The van der Waals surface area contributed by atoms with Crippen LogP contribution >= 0.6 is 0 Å². The maximum atomic E-state index is 13.1. The zero-order valence-corrected chi connectivity index (χ0v) is 19.2. The zero-order valence-electron chi connectivity index (χ0n) is 19.2. The number of likely N-dealkylation sites (tertiary alicyclic amines) is 1. The van der Waals surface area contributed by atoms with Gasteiger partial charge in [0.1, 0.15) is 6.61 Å². The Kier molecular flexibility index (Phi) is 4.56. The first kappa shape index (κ1) is 20.4. The quantitative estimate of drug-likeness (QED) is 0.461. The fourth-order valence-electron chi connectivity index (χ4n) is 6.58. The Balaban J connectivity index is 1.05. The molecular formula is C29H25N3O3. The molecule has 2 aliphatic carbocycles. The van der Waals surface area contributed by atoms with Crippen LogP contribution in [-0.2, 0) is 4.74 Å². The number of ether oxygens (including phenoxy) is 1. The van der Waals surface area contributed by atoms with Crippen LogP contribution in [0.15, 0.2) is 77.9 Å². The van der Waals surface area contributed by atoms with E-state index in [2.05, 4.69) is 64.6 Å². The van der Waals surface area contributed by atoms with Crippen molar-refractivity contribution in [1.82, 2.24) is 14.9 Å². The molecule has 2 bridgehead atoms. The first-order valence-electron chi connectivity index (χ1n) is 12.3. The number of piperidine rings is 1. The highest BCUT2D eigenvalue weighted by atomic mass is 16.6. The van der Waals surface area contributed by atoms with E-state index in [1.807, 2.05) is 17.0 Å². The monoisotopic (exact) mass is 463 g/mol. The Labute approximate surface area is 202 Å². The first-order valence-corrected chi connectivity index (χ1v) is 12.3. The number of hydrogen-bond donors (Lipinski definition) is 1. The Hall–Kier alpha value is -3.93. The molecule has 0 radical (unpaired) electrons. The normalized spacial score (nSPS) is 22.4. The predicted molar refractivity (Wildman–Crippen MR) is 133 cm³/mol. The third-order valence-electron chi connectivity index (χ3n) is 8.21. The number of nitrogens with one attached hydrogen (secondary N) is 1. The highest BCUT2D eigenvalue weighted by Gasteiger charge is 2.47. The summed E-state index contributed by atoms with van der Waals surface area (Å²) in [6.45, 7) is 1.05. The van der Waals surface area contributed by atoms with E-state index in [-0.39, 0.29) is 23.6 Å². The number of fused-ring (bicyclic) bond motifs is 6. The predicted octanol–water partition coefficient (Wildman–Crippen LogP) is 5.05. The van der Waals surface area contributed by atoms with Gasteiger partial charge in [-0.2, -0.15) is 0 Å². The van der Waals surface area contributed by atoms with E-state index in [0.29, 0.717) is 35.9 Å². The van der Waals surface area contributed by atoms with Crippen molar-refractivity contribution in [2.24, 2.45) is 5.92 Å². The van der Waals surface area contributed by atoms with E-state index in [1.165, 1.54) is 28.6 Å². The molecule has 1 amide bonds. The fraction of sp³-hybridized carbons (Fsp3) is 0.276. The minimum Gasteiger partial charge on any atom is -0.448 e. The summed E-state index contributed by atoms with van der Waals surface area (Å²) in [4.78, 5) is 34.2. The number of benzene rings is 3. The van der Waals surface area contributed by atoms with Crippen molar-refractivity contribution in [2.45, 2.75) is 30.7 Å². The highest BCUT2D eigenvalue weighted by Crippen LogP contribution is 2.48. The molecule has 7 rings (SSSR count). The summed E-state index contributed by atoms with van der Waals surface area (Å²) < 4.78 is 5.92. The minimum atomic E-state index is -0.211. The molecule has 0 spiro atoms. The van der Waals surface area contributed by atoms with Gasteiger partial charge in [-0.05, 0) is 64.6 Å². The topological polar surface area (TPSA) is 75.3 Å². The van der Waals surface area contributed by atoms with Crippen LogP contribution in [0.5, 0.6) is 0 Å². The molecule has 1 aromatic heterocycles. The van der Waals surface area contributed by atoms with Crippen molar-refractivity contribution in [3.8, 4) is 11.1 Å². The number of aromatic amines is 1. The van der Waals surface area contributed by atoms with Gasteiger partial charge in [0.15, 0.2) is 0 Å². The summed E-state index contributed by atoms with van der Waals surface area (Å²) in [5.41, 5.74) is 6.68. The van der Waals surface area contributed by atoms with Gasteiger partial charge in [0, 0.05) is 18.5 Å². The van der Waals surface area contributed by atoms with Crippen LogP contribution in [0.3, 0.4) is 0 Å². The lowest BCUT2D eigenvalue weighted by molar-refractivity contribution is 0.0865. The summed E-state index contributed by atoms with van der Waals surface area (Å²) in [6, 6.07) is 23.0. The van der Waals surface area contributed by atoms with Crippen molar-refractivity contribution in [1.29, 1.82) is 0 Å². The molecule has 35 heavy (non-hydrogen) atoms. The zero-order chi connectivity index (χ0) is 23.5. The van der Waals surface area contributed by atoms with E-state index in [4.69, 9.17) is 4.74 Å². The fourth-order valence-corrected chi connectivity index (χ4v) is 6.58. The number of carbonyl (C=O) groups excluding carboxylic acids is 1. The van der Waals surface area contributed by atoms with Gasteiger partial charge in [-0.3, -0.25) is 4.79 Å². The second-order valence-corrected chi connectivity index (χ2v) is 9.96. The minimum absolute atomic E-state index is 0.0724. The average molecular weight is 464 g/mol. The lowest BCUT2D eigenvalue weighted by atomic mass is 9.87. The lowest BCUT2D eigenvalue weighted by Crippen LogP contribution is -2.40. The number of hydrogen-bond acceptors (Lipinski definition) is 4. The molecule has 1 saturated heterocycles. The smallest absolute Gasteiger partial charge is 0.410 e. The van der Waals surface area contributed by atoms with Crippen LogP contribution in [-0.4, -0.2) is 40.2 Å². The van der Waals surface area contributed by atoms with Crippen molar-refractivity contribution < 1.29 is 9.53 Å². The molecule has 174 valence electrons. The van der Waals surface area contributed by atoms with E-state index >= 15 is 0 Å². The summed E-state index contributed by atoms with van der Waals surface area (Å²) in [6.07, 6.45) is 3.11. The molecule has 1 saturated carbocycles. The van der Waals surface area contributed by atoms with E-state index in [9.17, 15) is 9.59 Å². The van der Waals surface area contributed by atoms with Crippen molar-refractivity contribution in [3.63, 3.8) is 0 Å². The maximum Gasteiger partial charge on any atom is 0.410 e. The largest absolute Gasteiger partial charge is 0.448 e. The summed E-state index contributed by atoms with van der Waals surface area (Å²) >= 11 is 0. The van der Waals surface area contributed by atoms with Crippen LogP contribution in [0.4, 0.5) is 4.79 Å². The van der Waals surface area contributed by atoms with Crippen LogP contribution < -0.4 is 5.56 Å². The number of nitrogens with zero attached hydrogens (tertiary/aromatic N) is 2. The Morgan fingerprint density at radius 2 is 1.74 bits per heavy atom. The molecule has 1 aliphatic heterocycles. The van der Waals surface area contributed by atoms with Gasteiger partial charge in [0.05, 0.1) is 17.2 Å². The van der Waals surface area contributed by atoms with Crippen molar-refractivity contribution in [2.75, 3.05) is 13.2 Å². The Morgan fingerprint density at radius 1 is 1.00 bits per heavy atom. The standard InChI is InChI=1S/C29H25N3O3/c33-28-25-12-17(9-10-27(25)30-16-31-28)24-13-19-11-18(24)14-32(19)29(34)35-15-26-22-7-3-1-5-20(22)21-6-2-4-8-23(21)26/h1-10,12,16,18-19,24,26H,11,13-15H2,(H,30,31,33). The Morgan fingerprint density at radius 3 is 2.46 bits per heavy atom. The van der Waals surface area contributed by atoms with Crippen LogP contribution in [0.25, 0.3) is 22.0 Å². The molecule has 1 N–H and O–H groups in total. The number of H-pyrrole nitrogens is 1. The van der Waals surface area contributed by atoms with Gasteiger partial charge in [-0.25, -0.2) is 9.78 Å². The number of rotatable bonds is 3. The van der Waals surface area contributed by atoms with Crippen molar-refractivity contribution in [3.05, 3.63) is 100 Å². The van der Waals surface area contributed by atoms with Gasteiger partial charge in [-0.15, -0.1) is 0 Å². The molecule has 6 heteroatoms. The van der Waals surface area contributed by atoms with Gasteiger partial charge < -0.3 is 14.6 Å². The van der Waals surface area contributed by atoms with Crippen molar-refractivity contribution >= 4 is 17.0 Å². The van der Waals surface area contributed by atoms with E-state index in [1.54, 1.807) is 0 Å². The highest BCUT2D eigenvalue weighted by molar-refractivity contribution is 5.79. The molecule has 2 fully saturated rings. The second kappa shape index (κ2) is 7.80. The third-order valence-corrected chi connectivity index (χ3v) is 8.21. The SMILES string of the molecule is O=C(OCC1c2ccccc2-c2ccccc21)N1CC2CC1CC2c1ccc2nc[nH]c(=O)c2c1. The number of aromatic nitrogens is 2. The maximum absolute atomic E-state index is 13.1. The van der Waals surface area contributed by atoms with Gasteiger partial charge in [0.2, 0.25) is 0 Å². The van der Waals surface area contributed by atoms with Gasteiger partial charge in [0.25, 0.3) is 5.56 Å². The van der Waals surface area contributed by atoms with E-state index < -0.39 is 0 Å². The van der Waals surface area contributed by atoms with Gasteiger partial charge in [-0.1, -0.05) is 54.6 Å². The van der Waals surface area contributed by atoms with Crippen LogP contribution in [0, 0.1) is 5.92 Å². The lowest BCUT2D eigenvalue weighted by Gasteiger charge is -2.31. The van der Waals surface area contributed by atoms with Gasteiger partial charge >= 0.3 is 6.09 Å². The number of amides is 1. The van der Waals surface area contributed by atoms with Crippen LogP contribution in [0.1, 0.15) is 41.4 Å². The Bertz CT molecular complexity index is 1480.